The zero-order valence-electron chi connectivity index (χ0n) is 11.2. The lowest BCUT2D eigenvalue weighted by molar-refractivity contribution is 0.141. The van der Waals surface area contributed by atoms with E-state index in [4.69, 9.17) is 0 Å². The Morgan fingerprint density at radius 1 is 1.22 bits per heavy atom. The van der Waals surface area contributed by atoms with Crippen molar-refractivity contribution in [3.63, 3.8) is 0 Å². The van der Waals surface area contributed by atoms with E-state index in [1.54, 1.807) is 0 Å². The molecule has 2 rings (SSSR count). The quantitative estimate of drug-likeness (QED) is 0.830. The molecule has 100 valence electrons. The minimum atomic E-state index is 0.254. The second-order valence-electron chi connectivity index (χ2n) is 4.91. The lowest BCUT2D eigenvalue weighted by Crippen LogP contribution is -2.45. The van der Waals surface area contributed by atoms with E-state index in [-0.39, 0.29) is 6.61 Å². The molecule has 0 amide bonds. The van der Waals surface area contributed by atoms with Gasteiger partial charge in [-0.25, -0.2) is 0 Å². The Morgan fingerprint density at radius 2 is 1.89 bits per heavy atom. The molecule has 1 aliphatic rings. The molecule has 3 heteroatoms. The van der Waals surface area contributed by atoms with Crippen LogP contribution in [0.5, 0.6) is 0 Å². The smallest absolute Gasteiger partial charge is 0.0449 e. The number of hydrogen-bond donors (Lipinski definition) is 2. The number of piperazine rings is 1. The van der Waals surface area contributed by atoms with Crippen LogP contribution in [0.3, 0.4) is 0 Å². The molecule has 1 aliphatic heterocycles. The van der Waals surface area contributed by atoms with Crippen LogP contribution in [0, 0.1) is 0 Å². The number of aryl methyl sites for hydroxylation is 1. The van der Waals surface area contributed by atoms with Gasteiger partial charge in [-0.2, -0.15) is 0 Å². The summed E-state index contributed by atoms with van der Waals surface area (Å²) in [5.74, 6) is 0. The largest absolute Gasteiger partial charge is 0.396 e. The fourth-order valence-corrected chi connectivity index (χ4v) is 2.65. The van der Waals surface area contributed by atoms with Gasteiger partial charge in [0.05, 0.1) is 0 Å². The monoisotopic (exact) mass is 248 g/mol. The minimum absolute atomic E-state index is 0.254. The van der Waals surface area contributed by atoms with Crippen LogP contribution in [0.25, 0.3) is 0 Å². The van der Waals surface area contributed by atoms with Gasteiger partial charge in [-0.3, -0.25) is 4.90 Å². The zero-order valence-corrected chi connectivity index (χ0v) is 11.2. The van der Waals surface area contributed by atoms with Crippen LogP contribution in [-0.4, -0.2) is 42.8 Å². The second kappa shape index (κ2) is 6.88. The minimum Gasteiger partial charge on any atom is -0.396 e. The predicted molar refractivity (Wildman–Crippen MR) is 74.7 cm³/mol. The Kier molecular flexibility index (Phi) is 5.17. The Morgan fingerprint density at radius 3 is 2.44 bits per heavy atom. The van der Waals surface area contributed by atoms with Crippen molar-refractivity contribution >= 4 is 0 Å². The highest BCUT2D eigenvalue weighted by atomic mass is 16.3. The molecule has 0 aliphatic carbocycles. The summed E-state index contributed by atoms with van der Waals surface area (Å²) in [5, 5.41) is 12.7. The predicted octanol–water partition coefficient (Wildman–Crippen LogP) is 1.58. The average Bonchev–Trinajstić information content (AvgIpc) is 2.46. The highest BCUT2D eigenvalue weighted by molar-refractivity contribution is 5.25. The van der Waals surface area contributed by atoms with Crippen LogP contribution in [-0.2, 0) is 6.42 Å². The maximum absolute atomic E-state index is 9.29. The molecule has 0 radical (unpaired) electrons. The number of hydrogen-bond acceptors (Lipinski definition) is 3. The molecule has 1 fully saturated rings. The molecule has 1 saturated heterocycles. The highest BCUT2D eigenvalue weighted by Gasteiger charge is 2.21. The van der Waals surface area contributed by atoms with E-state index in [1.165, 1.54) is 11.1 Å². The number of nitrogens with one attached hydrogen (secondary N) is 1. The van der Waals surface area contributed by atoms with Crippen LogP contribution in [0.4, 0.5) is 0 Å². The van der Waals surface area contributed by atoms with Gasteiger partial charge in [0.25, 0.3) is 0 Å². The van der Waals surface area contributed by atoms with Crippen molar-refractivity contribution < 1.29 is 5.11 Å². The Labute approximate surface area is 110 Å². The van der Waals surface area contributed by atoms with Gasteiger partial charge in [-0.15, -0.1) is 0 Å². The maximum Gasteiger partial charge on any atom is 0.0449 e. The molecular weight excluding hydrogens is 224 g/mol. The van der Waals surface area contributed by atoms with Gasteiger partial charge in [-0.1, -0.05) is 31.2 Å². The zero-order chi connectivity index (χ0) is 12.8. The highest BCUT2D eigenvalue weighted by Crippen LogP contribution is 2.24. The molecular formula is C15H24N2O. The Balaban J connectivity index is 2.11. The molecule has 1 atom stereocenters. The average molecular weight is 248 g/mol. The molecule has 2 N–H and O–H groups in total. The summed E-state index contributed by atoms with van der Waals surface area (Å²) in [4.78, 5) is 2.48. The number of aliphatic hydroxyl groups is 1. The summed E-state index contributed by atoms with van der Waals surface area (Å²) in [7, 11) is 0. The van der Waals surface area contributed by atoms with Crippen molar-refractivity contribution in [2.45, 2.75) is 25.8 Å². The lowest BCUT2D eigenvalue weighted by atomic mass is 9.99. The molecule has 1 heterocycles. The Bertz CT molecular complexity index is 344. The third kappa shape index (κ3) is 3.31. The number of nitrogens with zero attached hydrogens (tertiary/aromatic N) is 1. The summed E-state index contributed by atoms with van der Waals surface area (Å²) in [5.41, 5.74) is 2.71. The standard InChI is InChI=1S/C15H24N2O/c1-2-13-3-5-14(6-4-13)15(7-12-18)17-10-8-16-9-11-17/h3-6,15-16,18H,2,7-12H2,1H3/t15-/m0/s1. The summed E-state index contributed by atoms with van der Waals surface area (Å²) in [6.07, 6.45) is 1.91. The van der Waals surface area contributed by atoms with Gasteiger partial charge in [-0.05, 0) is 24.0 Å². The van der Waals surface area contributed by atoms with Gasteiger partial charge in [0.15, 0.2) is 0 Å². The first-order valence-corrected chi connectivity index (χ1v) is 6.99. The van der Waals surface area contributed by atoms with E-state index in [9.17, 15) is 5.11 Å². The number of aliphatic hydroxyl groups excluding tert-OH is 1. The summed E-state index contributed by atoms with van der Waals surface area (Å²) in [6, 6.07) is 9.23. The Hall–Kier alpha value is -0.900. The molecule has 1 aromatic carbocycles. The van der Waals surface area contributed by atoms with Crippen molar-refractivity contribution in [3.8, 4) is 0 Å². The van der Waals surface area contributed by atoms with Crippen LogP contribution in [0.15, 0.2) is 24.3 Å². The lowest BCUT2D eigenvalue weighted by Gasteiger charge is -2.35. The molecule has 3 nitrogen and oxygen atoms in total. The van der Waals surface area contributed by atoms with Crippen LogP contribution < -0.4 is 5.32 Å². The van der Waals surface area contributed by atoms with Crippen molar-refractivity contribution in [1.29, 1.82) is 0 Å². The second-order valence-corrected chi connectivity index (χ2v) is 4.91. The fraction of sp³-hybridized carbons (Fsp3) is 0.600. The summed E-state index contributed by atoms with van der Waals surface area (Å²) < 4.78 is 0. The van der Waals surface area contributed by atoms with E-state index in [0.29, 0.717) is 6.04 Å². The third-order valence-electron chi connectivity index (χ3n) is 3.77. The molecule has 0 aromatic heterocycles. The normalized spacial score (nSPS) is 18.8. The van der Waals surface area contributed by atoms with Crippen molar-refractivity contribution in [2.75, 3.05) is 32.8 Å². The van der Waals surface area contributed by atoms with Gasteiger partial charge in [0.2, 0.25) is 0 Å². The first-order valence-electron chi connectivity index (χ1n) is 6.99. The SMILES string of the molecule is CCc1ccc([C@H](CCO)N2CCNCC2)cc1. The van der Waals surface area contributed by atoms with Crippen LogP contribution in [0.1, 0.15) is 30.5 Å². The molecule has 0 bridgehead atoms. The van der Waals surface area contributed by atoms with Crippen LogP contribution >= 0.6 is 0 Å². The van der Waals surface area contributed by atoms with Crippen LogP contribution in [0.2, 0.25) is 0 Å². The molecule has 0 saturated carbocycles. The van der Waals surface area contributed by atoms with E-state index in [2.05, 4.69) is 41.4 Å². The van der Waals surface area contributed by atoms with Gasteiger partial charge in [0, 0.05) is 38.8 Å². The number of benzene rings is 1. The molecule has 0 spiro atoms. The first-order chi connectivity index (χ1) is 8.85. The van der Waals surface area contributed by atoms with Crippen molar-refractivity contribution in [2.24, 2.45) is 0 Å². The van der Waals surface area contributed by atoms with Gasteiger partial charge >= 0.3 is 0 Å². The maximum atomic E-state index is 9.29. The molecule has 0 unspecified atom stereocenters. The number of rotatable bonds is 5. The van der Waals surface area contributed by atoms with E-state index in [0.717, 1.165) is 39.0 Å². The third-order valence-corrected chi connectivity index (χ3v) is 3.77. The molecule has 18 heavy (non-hydrogen) atoms. The fourth-order valence-electron chi connectivity index (χ4n) is 2.65. The van der Waals surface area contributed by atoms with Crippen molar-refractivity contribution in [1.82, 2.24) is 10.2 Å². The summed E-state index contributed by atoms with van der Waals surface area (Å²) in [6.45, 7) is 6.67. The molecule has 1 aromatic rings. The van der Waals surface area contributed by atoms with E-state index in [1.807, 2.05) is 0 Å². The van der Waals surface area contributed by atoms with Gasteiger partial charge < -0.3 is 10.4 Å². The summed E-state index contributed by atoms with van der Waals surface area (Å²) >= 11 is 0. The van der Waals surface area contributed by atoms with Gasteiger partial charge in [0.1, 0.15) is 0 Å². The first kappa shape index (κ1) is 13.5. The topological polar surface area (TPSA) is 35.5 Å². The van der Waals surface area contributed by atoms with E-state index >= 15 is 0 Å². The van der Waals surface area contributed by atoms with Crippen molar-refractivity contribution in [3.05, 3.63) is 35.4 Å². The van der Waals surface area contributed by atoms with E-state index < -0.39 is 0 Å².